The van der Waals surface area contributed by atoms with Gasteiger partial charge in [-0.05, 0) is 49.8 Å². The Morgan fingerprint density at radius 3 is 2.43 bits per heavy atom. The number of halogens is 1. The molecule has 2 aromatic carbocycles. The number of hydrogen-bond donors (Lipinski definition) is 0. The van der Waals surface area contributed by atoms with Gasteiger partial charge < -0.3 is 4.57 Å². The van der Waals surface area contributed by atoms with Gasteiger partial charge in [0, 0.05) is 6.04 Å². The Labute approximate surface area is 123 Å². The number of aromatic nitrogens is 2. The van der Waals surface area contributed by atoms with Gasteiger partial charge in [0.05, 0.1) is 11.0 Å². The molecule has 1 heterocycles. The van der Waals surface area contributed by atoms with Crippen molar-refractivity contribution < 1.29 is 4.39 Å². The first-order valence-corrected chi connectivity index (χ1v) is 7.06. The summed E-state index contributed by atoms with van der Waals surface area (Å²) in [5.74, 6) is 0.692. The van der Waals surface area contributed by atoms with Crippen molar-refractivity contribution in [2.24, 2.45) is 0 Å². The fourth-order valence-corrected chi connectivity index (χ4v) is 2.47. The molecule has 2 nitrogen and oxygen atoms in total. The zero-order chi connectivity index (χ0) is 14.8. The van der Waals surface area contributed by atoms with Gasteiger partial charge in [0.2, 0.25) is 0 Å². The quantitative estimate of drug-likeness (QED) is 0.665. The minimum absolute atomic E-state index is 0.221. The van der Waals surface area contributed by atoms with Crippen molar-refractivity contribution in [1.82, 2.24) is 9.55 Å². The zero-order valence-electron chi connectivity index (χ0n) is 12.1. The third-order valence-electron chi connectivity index (χ3n) is 3.43. The van der Waals surface area contributed by atoms with Crippen molar-refractivity contribution in [1.29, 1.82) is 0 Å². The van der Waals surface area contributed by atoms with Crippen molar-refractivity contribution in [2.45, 2.75) is 19.9 Å². The van der Waals surface area contributed by atoms with Crippen molar-refractivity contribution in [3.8, 4) is 0 Å². The van der Waals surface area contributed by atoms with Crippen LogP contribution in [0.3, 0.4) is 0 Å². The van der Waals surface area contributed by atoms with E-state index < -0.39 is 0 Å². The summed E-state index contributed by atoms with van der Waals surface area (Å²) in [6.45, 7) is 4.28. The first kappa shape index (κ1) is 13.6. The lowest BCUT2D eigenvalue weighted by Gasteiger charge is -2.10. The second-order valence-corrected chi connectivity index (χ2v) is 5.31. The van der Waals surface area contributed by atoms with Crippen LogP contribution in [0.4, 0.5) is 4.39 Å². The lowest BCUT2D eigenvalue weighted by Crippen LogP contribution is -2.02. The summed E-state index contributed by atoms with van der Waals surface area (Å²) in [4.78, 5) is 4.67. The monoisotopic (exact) mass is 280 g/mol. The second-order valence-electron chi connectivity index (χ2n) is 5.31. The van der Waals surface area contributed by atoms with Crippen molar-refractivity contribution in [2.75, 3.05) is 0 Å². The van der Waals surface area contributed by atoms with Gasteiger partial charge in [-0.15, -0.1) is 0 Å². The van der Waals surface area contributed by atoms with E-state index in [0.29, 0.717) is 6.04 Å². The van der Waals surface area contributed by atoms with Crippen LogP contribution in [0.25, 0.3) is 23.2 Å². The van der Waals surface area contributed by atoms with Gasteiger partial charge in [0.25, 0.3) is 0 Å². The highest BCUT2D eigenvalue weighted by Gasteiger charge is 2.10. The van der Waals surface area contributed by atoms with E-state index in [-0.39, 0.29) is 5.82 Å². The van der Waals surface area contributed by atoms with Crippen molar-refractivity contribution >= 4 is 23.2 Å². The Morgan fingerprint density at radius 1 is 1.00 bits per heavy atom. The third kappa shape index (κ3) is 2.72. The molecule has 106 valence electrons. The van der Waals surface area contributed by atoms with Crippen LogP contribution in [0.1, 0.15) is 31.3 Å². The molecule has 0 radical (unpaired) electrons. The molecule has 0 saturated heterocycles. The van der Waals surface area contributed by atoms with E-state index in [1.54, 1.807) is 12.1 Å². The Balaban J connectivity index is 2.03. The molecule has 0 aliphatic carbocycles. The highest BCUT2D eigenvalue weighted by molar-refractivity contribution is 5.80. The van der Waals surface area contributed by atoms with E-state index in [4.69, 9.17) is 0 Å². The molecule has 3 aromatic rings. The Hall–Kier alpha value is -2.42. The van der Waals surface area contributed by atoms with Gasteiger partial charge in [-0.25, -0.2) is 9.37 Å². The molecular formula is C18H17FN2. The van der Waals surface area contributed by atoms with Crippen LogP contribution < -0.4 is 0 Å². The summed E-state index contributed by atoms with van der Waals surface area (Å²) in [6.07, 6.45) is 3.94. The average Bonchev–Trinajstić information content (AvgIpc) is 2.85. The van der Waals surface area contributed by atoms with Gasteiger partial charge >= 0.3 is 0 Å². The number of rotatable bonds is 3. The molecule has 0 aliphatic rings. The molecule has 0 fully saturated rings. The van der Waals surface area contributed by atoms with Crippen molar-refractivity contribution in [3.05, 3.63) is 65.7 Å². The number of hydrogen-bond acceptors (Lipinski definition) is 1. The van der Waals surface area contributed by atoms with Gasteiger partial charge in [-0.1, -0.05) is 30.3 Å². The first-order valence-electron chi connectivity index (χ1n) is 7.06. The maximum Gasteiger partial charge on any atom is 0.134 e. The number of imidazole rings is 1. The molecule has 0 N–H and O–H groups in total. The first-order chi connectivity index (χ1) is 10.1. The third-order valence-corrected chi connectivity index (χ3v) is 3.43. The largest absolute Gasteiger partial charge is 0.322 e. The van der Waals surface area contributed by atoms with E-state index >= 15 is 0 Å². The topological polar surface area (TPSA) is 17.8 Å². The molecule has 3 heteroatoms. The molecule has 0 atom stereocenters. The van der Waals surface area contributed by atoms with Crippen LogP contribution in [-0.2, 0) is 0 Å². The highest BCUT2D eigenvalue weighted by Crippen LogP contribution is 2.22. The fraction of sp³-hybridized carbons (Fsp3) is 0.167. The van der Waals surface area contributed by atoms with E-state index in [1.165, 1.54) is 12.1 Å². The predicted octanol–water partition coefficient (Wildman–Crippen LogP) is 4.93. The summed E-state index contributed by atoms with van der Waals surface area (Å²) < 4.78 is 15.1. The van der Waals surface area contributed by atoms with Gasteiger partial charge in [0.1, 0.15) is 11.6 Å². The van der Waals surface area contributed by atoms with Crippen molar-refractivity contribution in [3.63, 3.8) is 0 Å². The average molecular weight is 280 g/mol. The van der Waals surface area contributed by atoms with Crippen LogP contribution in [0.5, 0.6) is 0 Å². The van der Waals surface area contributed by atoms with Gasteiger partial charge in [-0.2, -0.15) is 0 Å². The van der Waals surface area contributed by atoms with E-state index in [1.807, 2.05) is 30.4 Å². The van der Waals surface area contributed by atoms with Crippen LogP contribution in [-0.4, -0.2) is 9.55 Å². The molecule has 0 spiro atoms. The lowest BCUT2D eigenvalue weighted by molar-refractivity contribution is 0.612. The van der Waals surface area contributed by atoms with Crippen LogP contribution in [0, 0.1) is 5.82 Å². The smallest absolute Gasteiger partial charge is 0.134 e. The molecule has 3 rings (SSSR count). The minimum atomic E-state index is -0.221. The fourth-order valence-electron chi connectivity index (χ4n) is 2.47. The molecule has 0 unspecified atom stereocenters. The number of nitrogens with zero attached hydrogens (tertiary/aromatic N) is 2. The molecule has 0 saturated carbocycles. The highest BCUT2D eigenvalue weighted by atomic mass is 19.1. The molecule has 0 amide bonds. The summed E-state index contributed by atoms with van der Waals surface area (Å²) in [7, 11) is 0. The van der Waals surface area contributed by atoms with E-state index in [0.717, 1.165) is 22.4 Å². The summed E-state index contributed by atoms with van der Waals surface area (Å²) >= 11 is 0. The standard InChI is InChI=1S/C18H17FN2/c1-13(2)21-17-6-4-3-5-16(17)20-18(21)12-9-14-7-10-15(19)11-8-14/h3-13H,1-2H3/b12-9+. The Bertz CT molecular complexity index is 783. The summed E-state index contributed by atoms with van der Waals surface area (Å²) in [5.41, 5.74) is 3.08. The minimum Gasteiger partial charge on any atom is -0.322 e. The van der Waals surface area contributed by atoms with E-state index in [2.05, 4.69) is 29.5 Å². The number of benzene rings is 2. The zero-order valence-corrected chi connectivity index (χ0v) is 12.1. The summed E-state index contributed by atoms with van der Waals surface area (Å²) in [6, 6.07) is 14.9. The maximum atomic E-state index is 12.9. The number of fused-ring (bicyclic) bond motifs is 1. The Kier molecular flexibility index (Phi) is 3.57. The van der Waals surface area contributed by atoms with E-state index in [9.17, 15) is 4.39 Å². The van der Waals surface area contributed by atoms with Crippen LogP contribution >= 0.6 is 0 Å². The van der Waals surface area contributed by atoms with Gasteiger partial charge in [0.15, 0.2) is 0 Å². The second kappa shape index (κ2) is 5.52. The SMILES string of the molecule is CC(C)n1c(/C=C/c2ccc(F)cc2)nc2ccccc21. The molecule has 0 aliphatic heterocycles. The van der Waals surface area contributed by atoms with Crippen LogP contribution in [0.2, 0.25) is 0 Å². The predicted molar refractivity (Wildman–Crippen MR) is 85.4 cm³/mol. The summed E-state index contributed by atoms with van der Waals surface area (Å²) in [5, 5.41) is 0. The molecule has 0 bridgehead atoms. The number of para-hydroxylation sites is 2. The lowest BCUT2D eigenvalue weighted by atomic mass is 10.2. The van der Waals surface area contributed by atoms with Crippen LogP contribution in [0.15, 0.2) is 48.5 Å². The molecule has 21 heavy (non-hydrogen) atoms. The maximum absolute atomic E-state index is 12.9. The normalized spacial score (nSPS) is 11.8. The molecule has 1 aromatic heterocycles. The molecular weight excluding hydrogens is 263 g/mol. The van der Waals surface area contributed by atoms with Gasteiger partial charge in [-0.3, -0.25) is 0 Å². The Morgan fingerprint density at radius 2 is 1.71 bits per heavy atom.